The van der Waals surface area contributed by atoms with Crippen LogP contribution < -0.4 is 43.2 Å². The highest BCUT2D eigenvalue weighted by atomic mass is 35.5. The number of carbonyl (C=O) groups is 1. The summed E-state index contributed by atoms with van der Waals surface area (Å²) in [6.07, 6.45) is 3.95. The van der Waals surface area contributed by atoms with Crippen molar-refractivity contribution in [3.63, 3.8) is 0 Å². The van der Waals surface area contributed by atoms with E-state index in [1.165, 1.54) is 86.3 Å². The Bertz CT molecular complexity index is 1650. The molecule has 14 heteroatoms. The lowest BCUT2D eigenvalue weighted by atomic mass is 10.1. The fraction of sp³-hybridized carbons (Fsp3) is 0.233. The first-order chi connectivity index (χ1) is 21.1. The highest BCUT2D eigenvalue weighted by molar-refractivity contribution is 7.95. The number of sulfonamides is 1. The van der Waals surface area contributed by atoms with Gasteiger partial charge in [0.25, 0.3) is 10.0 Å². The summed E-state index contributed by atoms with van der Waals surface area (Å²) < 4.78 is 65.6. The first-order valence-electron chi connectivity index (χ1n) is 12.7. The zero-order valence-electron chi connectivity index (χ0n) is 25.1. The minimum atomic E-state index is -3.99. The van der Waals surface area contributed by atoms with E-state index in [0.717, 1.165) is 5.41 Å². The minimum Gasteiger partial charge on any atom is -0.496 e. The first-order valence-corrected chi connectivity index (χ1v) is 14.6. The van der Waals surface area contributed by atoms with E-state index >= 15 is 0 Å². The molecule has 0 spiro atoms. The summed E-state index contributed by atoms with van der Waals surface area (Å²) in [5.74, 6) is 1.79. The summed E-state index contributed by atoms with van der Waals surface area (Å²) in [5, 5.41) is 3.97. The van der Waals surface area contributed by atoms with Crippen LogP contribution in [0.3, 0.4) is 0 Å². The van der Waals surface area contributed by atoms with Crippen LogP contribution in [0.1, 0.15) is 15.9 Å². The molecule has 236 valence electrons. The summed E-state index contributed by atoms with van der Waals surface area (Å²) in [7, 11) is 6.10. The van der Waals surface area contributed by atoms with Crippen molar-refractivity contribution in [3.05, 3.63) is 70.2 Å². The van der Waals surface area contributed by atoms with Crippen molar-refractivity contribution in [2.75, 3.05) is 59.8 Å². The maximum atomic E-state index is 13.0. The molecule has 3 aromatic carbocycles. The number of methoxy groups -OCH3 is 7. The van der Waals surface area contributed by atoms with Gasteiger partial charge in [-0.1, -0.05) is 11.6 Å². The van der Waals surface area contributed by atoms with Gasteiger partial charge in [-0.15, -0.1) is 0 Å². The molecule has 0 aromatic heterocycles. The number of hydrogen-bond donors (Lipinski definition) is 2. The number of carbonyl (C=O) groups excluding carboxylic acids is 1. The smallest absolute Gasteiger partial charge is 0.255 e. The van der Waals surface area contributed by atoms with E-state index in [0.29, 0.717) is 34.2 Å². The van der Waals surface area contributed by atoms with E-state index in [1.54, 1.807) is 18.2 Å². The van der Waals surface area contributed by atoms with Gasteiger partial charge in [0.05, 0.1) is 77.1 Å². The van der Waals surface area contributed by atoms with Gasteiger partial charge in [-0.3, -0.25) is 9.52 Å². The van der Waals surface area contributed by atoms with Crippen molar-refractivity contribution in [3.8, 4) is 40.2 Å². The van der Waals surface area contributed by atoms with Gasteiger partial charge < -0.3 is 38.5 Å². The molecule has 12 nitrogen and oxygen atoms in total. The highest BCUT2D eigenvalue weighted by Crippen LogP contribution is 2.45. The van der Waals surface area contributed by atoms with Crippen LogP contribution in [0.15, 0.2) is 54.1 Å². The quantitative estimate of drug-likeness (QED) is 0.157. The highest BCUT2D eigenvalue weighted by Gasteiger charge is 2.22. The van der Waals surface area contributed by atoms with E-state index in [9.17, 15) is 13.2 Å². The lowest BCUT2D eigenvalue weighted by Gasteiger charge is -2.15. The molecule has 0 saturated carbocycles. The molecular weight excluding hydrogens is 616 g/mol. The van der Waals surface area contributed by atoms with Crippen molar-refractivity contribution in [1.29, 1.82) is 0 Å². The lowest BCUT2D eigenvalue weighted by Crippen LogP contribution is -2.09. The molecule has 3 rings (SSSR count). The zero-order valence-corrected chi connectivity index (χ0v) is 26.7. The van der Waals surface area contributed by atoms with Gasteiger partial charge in [-0.05, 0) is 30.3 Å². The third-order valence-electron chi connectivity index (χ3n) is 6.14. The standard InChI is InChI=1S/C30H33ClN2O10S/c1-37-19-15-25(39-3)20(26(16-19)40-4)11-13-44(35,36)33-18-8-9-24(38-2)22(14-18)32-12-10-23(34)21-17-27(41-5)29(42-6)30(43-7)28(21)31/h8-17,32-33H,1-7H3/b12-10-,13-11+. The largest absolute Gasteiger partial charge is 0.496 e. The topological polar surface area (TPSA) is 140 Å². The molecule has 0 aliphatic carbocycles. The van der Waals surface area contributed by atoms with E-state index < -0.39 is 15.8 Å². The van der Waals surface area contributed by atoms with Crippen LogP contribution in [-0.4, -0.2) is 64.0 Å². The van der Waals surface area contributed by atoms with Gasteiger partial charge in [0.1, 0.15) is 23.0 Å². The number of hydrogen-bond acceptors (Lipinski definition) is 11. The Labute approximate surface area is 261 Å². The molecule has 0 bridgehead atoms. The fourth-order valence-electron chi connectivity index (χ4n) is 4.03. The van der Waals surface area contributed by atoms with Gasteiger partial charge in [-0.2, -0.15) is 0 Å². The zero-order chi connectivity index (χ0) is 32.4. The second kappa shape index (κ2) is 15.1. The van der Waals surface area contributed by atoms with Crippen molar-refractivity contribution < 1.29 is 46.4 Å². The molecule has 0 heterocycles. The van der Waals surface area contributed by atoms with Gasteiger partial charge in [0.2, 0.25) is 5.75 Å². The maximum Gasteiger partial charge on any atom is 0.255 e. The van der Waals surface area contributed by atoms with E-state index in [-0.39, 0.29) is 33.5 Å². The van der Waals surface area contributed by atoms with Crippen molar-refractivity contribution in [2.45, 2.75) is 0 Å². The third kappa shape index (κ3) is 7.79. The Balaban J connectivity index is 1.84. The summed E-state index contributed by atoms with van der Waals surface area (Å²) in [5.41, 5.74) is 1.11. The second-order valence-corrected chi connectivity index (χ2v) is 10.6. The molecule has 0 atom stereocenters. The average molecular weight is 649 g/mol. The summed E-state index contributed by atoms with van der Waals surface area (Å²) in [6, 6.07) is 9.24. The van der Waals surface area contributed by atoms with Crippen LogP contribution in [0.2, 0.25) is 5.02 Å². The van der Waals surface area contributed by atoms with Crippen LogP contribution in [-0.2, 0) is 10.0 Å². The third-order valence-corrected chi connectivity index (χ3v) is 7.52. The molecule has 2 N–H and O–H groups in total. The number of halogens is 1. The number of rotatable bonds is 15. The summed E-state index contributed by atoms with van der Waals surface area (Å²) in [4.78, 5) is 13.0. The number of benzene rings is 3. The molecule has 0 fully saturated rings. The van der Waals surface area contributed by atoms with Crippen molar-refractivity contribution >= 4 is 44.9 Å². The molecule has 0 radical (unpaired) electrons. The monoisotopic (exact) mass is 648 g/mol. The van der Waals surface area contributed by atoms with Crippen LogP contribution in [0.25, 0.3) is 6.08 Å². The first kappa shape index (κ1) is 33.7. The predicted octanol–water partition coefficient (Wildman–Crippen LogP) is 5.62. The van der Waals surface area contributed by atoms with E-state index in [2.05, 4.69) is 10.0 Å². The Morgan fingerprint density at radius 2 is 1.36 bits per heavy atom. The Morgan fingerprint density at radius 1 is 0.750 bits per heavy atom. The fourth-order valence-corrected chi connectivity index (χ4v) is 5.18. The minimum absolute atomic E-state index is 0.0479. The molecule has 0 saturated heterocycles. The molecule has 0 amide bonds. The average Bonchev–Trinajstić information content (AvgIpc) is 3.02. The lowest BCUT2D eigenvalue weighted by molar-refractivity contribution is 0.104. The van der Waals surface area contributed by atoms with Crippen LogP contribution in [0.4, 0.5) is 11.4 Å². The second-order valence-electron chi connectivity index (χ2n) is 8.66. The molecule has 0 aliphatic heterocycles. The van der Waals surface area contributed by atoms with Crippen LogP contribution in [0.5, 0.6) is 40.2 Å². The molecule has 0 aliphatic rings. The van der Waals surface area contributed by atoms with E-state index in [1.807, 2.05) is 0 Å². The number of nitrogens with one attached hydrogen (secondary N) is 2. The number of allylic oxidation sites excluding steroid dienone is 1. The van der Waals surface area contributed by atoms with Gasteiger partial charge in [-0.25, -0.2) is 8.42 Å². The van der Waals surface area contributed by atoms with Gasteiger partial charge in [0, 0.05) is 30.0 Å². The van der Waals surface area contributed by atoms with Gasteiger partial charge >= 0.3 is 0 Å². The number of ether oxygens (including phenoxy) is 7. The normalized spacial score (nSPS) is 11.3. The molecule has 44 heavy (non-hydrogen) atoms. The Kier molecular flexibility index (Phi) is 11.6. The van der Waals surface area contributed by atoms with Crippen molar-refractivity contribution in [1.82, 2.24) is 0 Å². The van der Waals surface area contributed by atoms with Crippen molar-refractivity contribution in [2.24, 2.45) is 0 Å². The molecular formula is C30H33ClN2O10S. The SMILES string of the molecule is COc1cc(OC)c(/C=C/S(=O)(=O)Nc2ccc(OC)c(N/C=C\C(=O)c3cc(OC)c(OC)c(OC)c3Cl)c2)c(OC)c1. The van der Waals surface area contributed by atoms with Crippen LogP contribution in [0, 0.1) is 0 Å². The molecule has 3 aromatic rings. The summed E-state index contributed by atoms with van der Waals surface area (Å²) in [6.45, 7) is 0. The summed E-state index contributed by atoms with van der Waals surface area (Å²) >= 11 is 6.41. The Hall–Kier alpha value is -4.75. The number of anilines is 2. The Morgan fingerprint density at radius 3 is 1.91 bits per heavy atom. The van der Waals surface area contributed by atoms with E-state index in [4.69, 9.17) is 44.8 Å². The predicted molar refractivity (Wildman–Crippen MR) is 169 cm³/mol. The maximum absolute atomic E-state index is 13.0. The molecule has 0 unspecified atom stereocenters. The number of ketones is 1. The van der Waals surface area contributed by atoms with Gasteiger partial charge in [0.15, 0.2) is 17.3 Å². The van der Waals surface area contributed by atoms with Crippen LogP contribution >= 0.6 is 11.6 Å².